The van der Waals surface area contributed by atoms with Crippen molar-refractivity contribution in [2.45, 2.75) is 11.8 Å². The lowest BCUT2D eigenvalue weighted by atomic mass is 10.1. The van der Waals surface area contributed by atoms with Crippen LogP contribution in [0.2, 0.25) is 0 Å². The van der Waals surface area contributed by atoms with Gasteiger partial charge in [-0.1, -0.05) is 12.1 Å². The molecule has 4 nitrogen and oxygen atoms in total. The van der Waals surface area contributed by atoms with E-state index < -0.39 is 21.7 Å². The molecule has 0 atom stereocenters. The highest BCUT2D eigenvalue weighted by molar-refractivity contribution is 7.89. The number of primary sulfonamides is 1. The Morgan fingerprint density at radius 2 is 1.75 bits per heavy atom. The van der Waals surface area contributed by atoms with E-state index in [1.54, 1.807) is 19.1 Å². The number of aryl methyl sites for hydroxylation is 1. The summed E-state index contributed by atoms with van der Waals surface area (Å²) >= 11 is 1.34. The van der Waals surface area contributed by atoms with Crippen LogP contribution in [0.25, 0.3) is 21.8 Å². The molecule has 3 aromatic rings. The van der Waals surface area contributed by atoms with Gasteiger partial charge in [0.15, 0.2) is 0 Å². The Kier molecular flexibility index (Phi) is 4.20. The maximum absolute atomic E-state index is 14.0. The van der Waals surface area contributed by atoms with Crippen LogP contribution in [-0.4, -0.2) is 13.4 Å². The van der Waals surface area contributed by atoms with Gasteiger partial charge in [-0.3, -0.25) is 0 Å². The van der Waals surface area contributed by atoms with E-state index in [1.165, 1.54) is 35.6 Å². The summed E-state index contributed by atoms with van der Waals surface area (Å²) in [7, 11) is -3.76. The maximum atomic E-state index is 14.0. The normalized spacial score (nSPS) is 11.7. The van der Waals surface area contributed by atoms with E-state index >= 15 is 0 Å². The van der Waals surface area contributed by atoms with Gasteiger partial charge in [-0.25, -0.2) is 27.3 Å². The highest BCUT2D eigenvalue weighted by atomic mass is 32.2. The van der Waals surface area contributed by atoms with E-state index in [1.807, 2.05) is 0 Å². The van der Waals surface area contributed by atoms with E-state index in [2.05, 4.69) is 4.98 Å². The fourth-order valence-corrected chi connectivity index (χ4v) is 3.69. The molecule has 0 fully saturated rings. The standard InChI is InChI=1S/C16H12F2N2O2S2/c1-9-15(13-7-4-11(17)8-14(13)18)20-16(23-9)10-2-5-12(6-3-10)24(19,21)22/h2-8H,1H3,(H2,19,21,22). The Hall–Kier alpha value is -2.16. The first kappa shape index (κ1) is 16.7. The molecule has 2 aromatic carbocycles. The summed E-state index contributed by atoms with van der Waals surface area (Å²) in [6.45, 7) is 1.79. The van der Waals surface area contributed by atoms with Crippen LogP contribution >= 0.6 is 11.3 Å². The summed E-state index contributed by atoms with van der Waals surface area (Å²) in [5.74, 6) is -1.33. The van der Waals surface area contributed by atoms with Gasteiger partial charge in [0.25, 0.3) is 0 Å². The van der Waals surface area contributed by atoms with Crippen LogP contribution in [-0.2, 0) is 10.0 Å². The van der Waals surface area contributed by atoms with Gasteiger partial charge >= 0.3 is 0 Å². The highest BCUT2D eigenvalue weighted by Gasteiger charge is 2.16. The van der Waals surface area contributed by atoms with E-state index in [0.717, 1.165) is 10.9 Å². The Bertz CT molecular complexity index is 1010. The van der Waals surface area contributed by atoms with Crippen LogP contribution in [0.15, 0.2) is 47.4 Å². The van der Waals surface area contributed by atoms with Gasteiger partial charge in [-0.2, -0.15) is 0 Å². The lowest BCUT2D eigenvalue weighted by Crippen LogP contribution is -2.11. The SMILES string of the molecule is Cc1sc(-c2ccc(S(N)(=O)=O)cc2)nc1-c1ccc(F)cc1F. The van der Waals surface area contributed by atoms with E-state index in [0.29, 0.717) is 16.3 Å². The zero-order chi connectivity index (χ0) is 17.5. The minimum absolute atomic E-state index is 0.00401. The molecular weight excluding hydrogens is 354 g/mol. The van der Waals surface area contributed by atoms with Gasteiger partial charge in [0.05, 0.1) is 10.6 Å². The number of nitrogens with two attached hydrogens (primary N) is 1. The van der Waals surface area contributed by atoms with Crippen molar-refractivity contribution in [1.82, 2.24) is 4.98 Å². The lowest BCUT2D eigenvalue weighted by molar-refractivity contribution is 0.585. The van der Waals surface area contributed by atoms with Gasteiger partial charge in [-0.05, 0) is 31.2 Å². The summed E-state index contributed by atoms with van der Waals surface area (Å²) in [5.41, 5.74) is 1.34. The molecule has 1 heterocycles. The molecule has 2 N–H and O–H groups in total. The summed E-state index contributed by atoms with van der Waals surface area (Å²) in [6.07, 6.45) is 0. The molecule has 0 unspecified atom stereocenters. The first-order valence-electron chi connectivity index (χ1n) is 6.82. The number of hydrogen-bond donors (Lipinski definition) is 1. The third-order valence-electron chi connectivity index (χ3n) is 3.41. The summed E-state index contributed by atoms with van der Waals surface area (Å²) < 4.78 is 49.6. The number of nitrogens with zero attached hydrogens (tertiary/aromatic N) is 1. The molecule has 8 heteroatoms. The topological polar surface area (TPSA) is 73.1 Å². The Balaban J connectivity index is 2.03. The van der Waals surface area contributed by atoms with Crippen molar-refractivity contribution in [3.63, 3.8) is 0 Å². The third-order valence-corrected chi connectivity index (χ3v) is 5.36. The second-order valence-electron chi connectivity index (χ2n) is 5.12. The van der Waals surface area contributed by atoms with Crippen LogP contribution in [0, 0.1) is 18.6 Å². The molecule has 0 aliphatic heterocycles. The first-order valence-corrected chi connectivity index (χ1v) is 9.18. The molecule has 124 valence electrons. The highest BCUT2D eigenvalue weighted by Crippen LogP contribution is 2.34. The number of halogens is 2. The van der Waals surface area contributed by atoms with Crippen molar-refractivity contribution in [3.05, 3.63) is 59.0 Å². The predicted octanol–water partition coefficient (Wildman–Crippen LogP) is 3.71. The minimum atomic E-state index is -3.76. The molecule has 0 aliphatic rings. The predicted molar refractivity (Wildman–Crippen MR) is 89.0 cm³/mol. The zero-order valence-corrected chi connectivity index (χ0v) is 14.1. The van der Waals surface area contributed by atoms with Crippen LogP contribution in [0.5, 0.6) is 0 Å². The van der Waals surface area contributed by atoms with Crippen LogP contribution in [0.1, 0.15) is 4.88 Å². The molecule has 0 radical (unpaired) electrons. The van der Waals surface area contributed by atoms with Crippen LogP contribution in [0.4, 0.5) is 8.78 Å². The van der Waals surface area contributed by atoms with E-state index in [4.69, 9.17) is 5.14 Å². The van der Waals surface area contributed by atoms with Crippen LogP contribution in [0.3, 0.4) is 0 Å². The van der Waals surface area contributed by atoms with Crippen molar-refractivity contribution >= 4 is 21.4 Å². The van der Waals surface area contributed by atoms with E-state index in [-0.39, 0.29) is 10.5 Å². The molecule has 0 aliphatic carbocycles. The summed E-state index contributed by atoms with van der Waals surface area (Å²) in [6, 6.07) is 9.29. The van der Waals surface area contributed by atoms with Crippen molar-refractivity contribution in [2.75, 3.05) is 0 Å². The third kappa shape index (κ3) is 3.21. The second kappa shape index (κ2) is 6.04. The lowest BCUT2D eigenvalue weighted by Gasteiger charge is -2.01. The molecular formula is C16H12F2N2O2S2. The molecule has 0 bridgehead atoms. The fraction of sp³-hybridized carbons (Fsp3) is 0.0625. The largest absolute Gasteiger partial charge is 0.238 e. The first-order chi connectivity index (χ1) is 11.3. The smallest absolute Gasteiger partial charge is 0.236 e. The molecule has 0 amide bonds. The Morgan fingerprint density at radius 3 is 2.33 bits per heavy atom. The van der Waals surface area contributed by atoms with Crippen molar-refractivity contribution in [3.8, 4) is 21.8 Å². The van der Waals surface area contributed by atoms with Crippen molar-refractivity contribution in [2.24, 2.45) is 5.14 Å². The summed E-state index contributed by atoms with van der Waals surface area (Å²) in [4.78, 5) is 5.18. The number of aromatic nitrogens is 1. The molecule has 0 saturated heterocycles. The van der Waals surface area contributed by atoms with Gasteiger partial charge in [0, 0.05) is 22.1 Å². The Labute approximate surface area is 141 Å². The van der Waals surface area contributed by atoms with Gasteiger partial charge in [0.1, 0.15) is 16.6 Å². The quantitative estimate of drug-likeness (QED) is 0.768. The molecule has 3 rings (SSSR count). The zero-order valence-electron chi connectivity index (χ0n) is 12.5. The number of rotatable bonds is 3. The molecule has 0 saturated carbocycles. The maximum Gasteiger partial charge on any atom is 0.238 e. The summed E-state index contributed by atoms with van der Waals surface area (Å²) in [5, 5.41) is 5.67. The fourth-order valence-electron chi connectivity index (χ4n) is 2.24. The van der Waals surface area contributed by atoms with Crippen LogP contribution < -0.4 is 5.14 Å². The monoisotopic (exact) mass is 366 g/mol. The molecule has 1 aromatic heterocycles. The van der Waals surface area contributed by atoms with Gasteiger partial charge in [-0.15, -0.1) is 11.3 Å². The number of thiazole rings is 1. The average molecular weight is 366 g/mol. The minimum Gasteiger partial charge on any atom is -0.236 e. The van der Waals surface area contributed by atoms with Crippen molar-refractivity contribution < 1.29 is 17.2 Å². The van der Waals surface area contributed by atoms with Gasteiger partial charge < -0.3 is 0 Å². The number of benzene rings is 2. The Morgan fingerprint density at radius 1 is 1.08 bits per heavy atom. The molecule has 0 spiro atoms. The van der Waals surface area contributed by atoms with Crippen molar-refractivity contribution in [1.29, 1.82) is 0 Å². The van der Waals surface area contributed by atoms with E-state index in [9.17, 15) is 17.2 Å². The number of hydrogen-bond acceptors (Lipinski definition) is 4. The molecule has 24 heavy (non-hydrogen) atoms. The average Bonchev–Trinajstić information content (AvgIpc) is 2.88. The second-order valence-corrected chi connectivity index (χ2v) is 7.88. The van der Waals surface area contributed by atoms with Gasteiger partial charge in [0.2, 0.25) is 10.0 Å². The number of sulfonamides is 1.